The van der Waals surface area contributed by atoms with Gasteiger partial charge in [-0.05, 0) is 60.7 Å². The number of halogens is 1. The number of fused-ring (bicyclic) bond motifs is 1. The number of aromatic nitrogens is 1. The monoisotopic (exact) mass is 396 g/mol. The zero-order valence-corrected chi connectivity index (χ0v) is 16.7. The number of aromatic amines is 1. The maximum atomic E-state index is 13.4. The molecule has 152 valence electrons. The van der Waals surface area contributed by atoms with E-state index < -0.39 is 0 Å². The summed E-state index contributed by atoms with van der Waals surface area (Å²) < 4.78 is 24.0. The van der Waals surface area contributed by atoms with Gasteiger partial charge in [0.25, 0.3) is 0 Å². The zero-order chi connectivity index (χ0) is 20.4. The first-order valence-electron chi connectivity index (χ1n) is 9.79. The molecule has 0 unspecified atom stereocenters. The molecule has 29 heavy (non-hydrogen) atoms. The predicted octanol–water partition coefficient (Wildman–Crippen LogP) is 4.10. The highest BCUT2D eigenvalue weighted by Crippen LogP contribution is 2.50. The van der Waals surface area contributed by atoms with Crippen molar-refractivity contribution in [1.29, 1.82) is 0 Å². The highest BCUT2D eigenvalue weighted by atomic mass is 19.1. The van der Waals surface area contributed by atoms with E-state index in [2.05, 4.69) is 10.3 Å². The number of amides is 1. The number of H-pyrrole nitrogens is 1. The van der Waals surface area contributed by atoms with Crippen LogP contribution in [0, 0.1) is 5.82 Å². The van der Waals surface area contributed by atoms with Gasteiger partial charge in [0, 0.05) is 35.5 Å². The summed E-state index contributed by atoms with van der Waals surface area (Å²) in [6, 6.07) is 10.5. The number of rotatable bonds is 8. The zero-order valence-electron chi connectivity index (χ0n) is 16.7. The molecule has 0 radical (unpaired) electrons. The number of nitrogens with one attached hydrogen (secondary N) is 2. The van der Waals surface area contributed by atoms with Gasteiger partial charge < -0.3 is 19.8 Å². The van der Waals surface area contributed by atoms with Crippen LogP contribution in [0.5, 0.6) is 11.5 Å². The Morgan fingerprint density at radius 1 is 1.14 bits per heavy atom. The summed E-state index contributed by atoms with van der Waals surface area (Å²) in [5.74, 6) is 1.12. The summed E-state index contributed by atoms with van der Waals surface area (Å²) in [5.41, 5.74) is 2.94. The normalized spacial score (nSPS) is 14.6. The molecule has 2 aromatic carbocycles. The molecule has 1 amide bonds. The SMILES string of the molecule is COc1ccc(CCC(=O)NCC2(c3c[nH]c4cc(F)ccc34)CC2)cc1OC. The summed E-state index contributed by atoms with van der Waals surface area (Å²) in [6.45, 7) is 0.599. The quantitative estimate of drug-likeness (QED) is 0.602. The number of carbonyl (C=O) groups excluding carboxylic acids is 1. The number of ether oxygens (including phenoxy) is 2. The molecule has 1 aliphatic carbocycles. The van der Waals surface area contributed by atoms with Crippen LogP contribution in [0.4, 0.5) is 4.39 Å². The topological polar surface area (TPSA) is 63.3 Å². The minimum absolute atomic E-state index is 0.0249. The molecule has 0 atom stereocenters. The molecule has 3 aromatic rings. The van der Waals surface area contributed by atoms with Crippen molar-refractivity contribution in [2.75, 3.05) is 20.8 Å². The number of hydrogen-bond acceptors (Lipinski definition) is 3. The third kappa shape index (κ3) is 3.92. The predicted molar refractivity (Wildman–Crippen MR) is 110 cm³/mol. The lowest BCUT2D eigenvalue weighted by molar-refractivity contribution is -0.121. The Morgan fingerprint density at radius 3 is 2.66 bits per heavy atom. The maximum absolute atomic E-state index is 13.4. The van der Waals surface area contributed by atoms with Crippen LogP contribution >= 0.6 is 0 Å². The van der Waals surface area contributed by atoms with Gasteiger partial charge in [-0.25, -0.2) is 4.39 Å². The van der Waals surface area contributed by atoms with Gasteiger partial charge in [0.15, 0.2) is 11.5 Å². The van der Waals surface area contributed by atoms with Gasteiger partial charge in [0.05, 0.1) is 14.2 Å². The van der Waals surface area contributed by atoms with E-state index in [1.165, 1.54) is 12.1 Å². The summed E-state index contributed by atoms with van der Waals surface area (Å²) in [5, 5.41) is 4.12. The summed E-state index contributed by atoms with van der Waals surface area (Å²) in [4.78, 5) is 15.6. The van der Waals surface area contributed by atoms with Crippen molar-refractivity contribution in [2.24, 2.45) is 0 Å². The molecule has 0 spiro atoms. The first-order chi connectivity index (χ1) is 14.0. The van der Waals surface area contributed by atoms with Crippen LogP contribution in [-0.2, 0) is 16.6 Å². The minimum atomic E-state index is -0.251. The Bertz CT molecular complexity index is 1040. The summed E-state index contributed by atoms with van der Waals surface area (Å²) in [7, 11) is 3.20. The van der Waals surface area contributed by atoms with Crippen LogP contribution in [0.1, 0.15) is 30.4 Å². The fourth-order valence-electron chi connectivity index (χ4n) is 3.88. The van der Waals surface area contributed by atoms with Crippen molar-refractivity contribution in [3.05, 3.63) is 59.5 Å². The van der Waals surface area contributed by atoms with Gasteiger partial charge in [-0.3, -0.25) is 4.79 Å². The molecule has 1 saturated carbocycles. The average Bonchev–Trinajstić information content (AvgIpc) is 3.41. The first kappa shape index (κ1) is 19.3. The van der Waals surface area contributed by atoms with Crippen LogP contribution in [0.2, 0.25) is 0 Å². The molecule has 1 heterocycles. The third-order valence-corrected chi connectivity index (χ3v) is 5.78. The summed E-state index contributed by atoms with van der Waals surface area (Å²) in [6.07, 6.45) is 5.03. The highest BCUT2D eigenvalue weighted by Gasteiger charge is 2.45. The van der Waals surface area contributed by atoms with Crippen molar-refractivity contribution in [3.63, 3.8) is 0 Å². The van der Waals surface area contributed by atoms with Gasteiger partial charge in [-0.1, -0.05) is 6.07 Å². The largest absolute Gasteiger partial charge is 0.493 e. The van der Waals surface area contributed by atoms with Crippen molar-refractivity contribution in [2.45, 2.75) is 31.1 Å². The number of hydrogen-bond donors (Lipinski definition) is 2. The molecule has 1 aliphatic rings. The van der Waals surface area contributed by atoms with Crippen molar-refractivity contribution >= 4 is 16.8 Å². The van der Waals surface area contributed by atoms with Crippen molar-refractivity contribution in [1.82, 2.24) is 10.3 Å². The van der Waals surface area contributed by atoms with E-state index >= 15 is 0 Å². The second-order valence-electron chi connectivity index (χ2n) is 7.64. The molecular weight excluding hydrogens is 371 g/mol. The van der Waals surface area contributed by atoms with E-state index in [0.717, 1.165) is 34.9 Å². The lowest BCUT2D eigenvalue weighted by atomic mass is 9.95. The Morgan fingerprint density at radius 2 is 1.93 bits per heavy atom. The van der Waals surface area contributed by atoms with Gasteiger partial charge >= 0.3 is 0 Å². The van der Waals surface area contributed by atoms with Gasteiger partial charge in [0.2, 0.25) is 5.91 Å². The standard InChI is InChI=1S/C23H25FN2O3/c1-28-20-7-3-15(11-21(20)29-2)4-8-22(27)26-14-23(9-10-23)18-13-25-19-12-16(24)5-6-17(18)19/h3,5-7,11-13,25H,4,8-10,14H2,1-2H3,(H,26,27). The average molecular weight is 396 g/mol. The molecule has 5 nitrogen and oxygen atoms in total. The Labute approximate surface area is 169 Å². The first-order valence-corrected chi connectivity index (χ1v) is 9.79. The number of benzene rings is 2. The molecule has 6 heteroatoms. The molecule has 1 fully saturated rings. The minimum Gasteiger partial charge on any atom is -0.493 e. The second kappa shape index (κ2) is 7.78. The van der Waals surface area contributed by atoms with E-state index in [9.17, 15) is 9.18 Å². The molecule has 0 bridgehead atoms. The Kier molecular flexibility index (Phi) is 5.18. The van der Waals surface area contributed by atoms with Crippen LogP contribution in [0.3, 0.4) is 0 Å². The summed E-state index contributed by atoms with van der Waals surface area (Å²) >= 11 is 0. The van der Waals surface area contributed by atoms with E-state index in [4.69, 9.17) is 9.47 Å². The number of methoxy groups -OCH3 is 2. The van der Waals surface area contributed by atoms with E-state index in [-0.39, 0.29) is 17.1 Å². The molecule has 4 rings (SSSR count). The molecule has 0 aliphatic heterocycles. The van der Waals surface area contributed by atoms with Crippen LogP contribution < -0.4 is 14.8 Å². The second-order valence-corrected chi connectivity index (χ2v) is 7.64. The fourth-order valence-corrected chi connectivity index (χ4v) is 3.88. The highest BCUT2D eigenvalue weighted by molar-refractivity contribution is 5.85. The van der Waals surface area contributed by atoms with Crippen LogP contribution in [0.15, 0.2) is 42.6 Å². The van der Waals surface area contributed by atoms with Crippen LogP contribution in [0.25, 0.3) is 10.9 Å². The number of carbonyl (C=O) groups is 1. The van der Waals surface area contributed by atoms with E-state index in [1.54, 1.807) is 14.2 Å². The Hall–Kier alpha value is -3.02. The van der Waals surface area contributed by atoms with E-state index in [1.807, 2.05) is 30.5 Å². The van der Waals surface area contributed by atoms with Crippen molar-refractivity contribution in [3.8, 4) is 11.5 Å². The number of aryl methyl sites for hydroxylation is 1. The van der Waals surface area contributed by atoms with E-state index in [0.29, 0.717) is 30.9 Å². The maximum Gasteiger partial charge on any atom is 0.220 e. The lowest BCUT2D eigenvalue weighted by Gasteiger charge is -2.16. The smallest absolute Gasteiger partial charge is 0.220 e. The fraction of sp³-hybridized carbons (Fsp3) is 0.348. The molecular formula is C23H25FN2O3. The molecule has 2 N–H and O–H groups in total. The van der Waals surface area contributed by atoms with Crippen molar-refractivity contribution < 1.29 is 18.7 Å². The Balaban J connectivity index is 1.36. The van der Waals surface area contributed by atoms with Gasteiger partial charge in [-0.2, -0.15) is 0 Å². The van der Waals surface area contributed by atoms with Crippen LogP contribution in [-0.4, -0.2) is 31.7 Å². The van der Waals surface area contributed by atoms with Gasteiger partial charge in [0.1, 0.15) is 5.82 Å². The molecule has 1 aromatic heterocycles. The van der Waals surface area contributed by atoms with Gasteiger partial charge in [-0.15, -0.1) is 0 Å². The third-order valence-electron chi connectivity index (χ3n) is 5.78. The lowest BCUT2D eigenvalue weighted by Crippen LogP contribution is -2.32. The molecule has 0 saturated heterocycles.